The first-order valence-electron chi connectivity index (χ1n) is 12.7. The maximum Gasteiger partial charge on any atom is 0.303 e. The van der Waals surface area contributed by atoms with E-state index in [0.717, 1.165) is 6.20 Å². The van der Waals surface area contributed by atoms with Crippen LogP contribution in [0, 0.1) is 28.7 Å². The summed E-state index contributed by atoms with van der Waals surface area (Å²) in [5.41, 5.74) is -0.770. The third-order valence-electron chi connectivity index (χ3n) is 7.49. The molecule has 1 fully saturated rings. The molecule has 1 saturated heterocycles. The molecule has 1 aliphatic heterocycles. The lowest BCUT2D eigenvalue weighted by Gasteiger charge is -2.41. The van der Waals surface area contributed by atoms with Gasteiger partial charge in [-0.1, -0.05) is 0 Å². The van der Waals surface area contributed by atoms with Crippen molar-refractivity contribution in [1.29, 1.82) is 0 Å². The van der Waals surface area contributed by atoms with Crippen molar-refractivity contribution >= 4 is 22.6 Å². The van der Waals surface area contributed by atoms with Crippen molar-refractivity contribution in [2.75, 3.05) is 38.6 Å². The Morgan fingerprint density at radius 1 is 1.13 bits per heavy atom. The lowest BCUT2D eigenvalue weighted by Crippen LogP contribution is -2.43. The van der Waals surface area contributed by atoms with E-state index in [9.17, 15) is 27.5 Å². The Balaban J connectivity index is 1.39. The number of nitrogens with zero attached hydrogens (tertiary/aromatic N) is 2. The van der Waals surface area contributed by atoms with Crippen LogP contribution in [0.5, 0.6) is 5.75 Å². The lowest BCUT2D eigenvalue weighted by molar-refractivity contribution is -0.141. The van der Waals surface area contributed by atoms with Gasteiger partial charge in [0.15, 0.2) is 11.6 Å². The number of carbonyl (C=O) groups is 1. The highest BCUT2D eigenvalue weighted by atomic mass is 19.2. The molecule has 0 aliphatic carbocycles. The number of piperidine rings is 1. The number of halogens is 5. The molecule has 0 unspecified atom stereocenters. The molecule has 1 atom stereocenters. The smallest absolute Gasteiger partial charge is 0.303 e. The first-order valence-corrected chi connectivity index (χ1v) is 12.7. The number of fused-ring (bicyclic) bond motifs is 1. The van der Waals surface area contributed by atoms with Gasteiger partial charge in [-0.25, -0.2) is 22.0 Å². The number of nitrogens with one attached hydrogen (secondary N) is 1. The van der Waals surface area contributed by atoms with Crippen LogP contribution in [0.25, 0.3) is 10.9 Å². The normalized spacial score (nSPS) is 16.3. The van der Waals surface area contributed by atoms with Crippen molar-refractivity contribution in [2.24, 2.45) is 5.41 Å². The van der Waals surface area contributed by atoms with Crippen LogP contribution in [0.2, 0.25) is 0 Å². The number of aliphatic carboxylic acids is 1. The van der Waals surface area contributed by atoms with Gasteiger partial charge in [-0.05, 0) is 62.4 Å². The van der Waals surface area contributed by atoms with Crippen LogP contribution >= 0.6 is 0 Å². The summed E-state index contributed by atoms with van der Waals surface area (Å²) in [4.78, 5) is 17.7. The predicted molar refractivity (Wildman–Crippen MR) is 137 cm³/mol. The number of alkyl halides is 1. The number of hydrogen-bond acceptors (Lipinski definition) is 5. The minimum Gasteiger partial charge on any atom is -0.497 e. The molecule has 0 bridgehead atoms. The fourth-order valence-corrected chi connectivity index (χ4v) is 5.33. The summed E-state index contributed by atoms with van der Waals surface area (Å²) in [7, 11) is 1.46. The molecule has 1 aliphatic rings. The van der Waals surface area contributed by atoms with Crippen molar-refractivity contribution in [3.05, 3.63) is 65.4 Å². The zero-order valence-corrected chi connectivity index (χ0v) is 21.5. The SMILES string of the molecule is COc1ccc2ncc(F)c([C@H](F)CCC3(CC(=O)O)CCN(CCNc4c(F)cc(F)cc4F)CC3)c2c1. The largest absolute Gasteiger partial charge is 0.497 e. The molecule has 0 radical (unpaired) electrons. The summed E-state index contributed by atoms with van der Waals surface area (Å²) in [6, 6.07) is 6.02. The van der Waals surface area contributed by atoms with Gasteiger partial charge in [0.1, 0.15) is 29.2 Å². The Bertz CT molecular complexity index is 1310. The molecule has 6 nitrogen and oxygen atoms in total. The maximum atomic E-state index is 15.6. The minimum absolute atomic E-state index is 0.0643. The van der Waals surface area contributed by atoms with Gasteiger partial charge >= 0.3 is 5.97 Å². The van der Waals surface area contributed by atoms with Gasteiger partial charge in [-0.15, -0.1) is 0 Å². The fraction of sp³-hybridized carbons (Fsp3) is 0.429. The molecule has 0 saturated carbocycles. The molecular formula is C28H30F5N3O3. The highest BCUT2D eigenvalue weighted by Crippen LogP contribution is 2.43. The van der Waals surface area contributed by atoms with Crippen molar-refractivity contribution in [2.45, 2.75) is 38.3 Å². The monoisotopic (exact) mass is 551 g/mol. The average Bonchev–Trinajstić information content (AvgIpc) is 2.89. The number of aromatic nitrogens is 1. The van der Waals surface area contributed by atoms with Crippen LogP contribution in [0.1, 0.15) is 43.8 Å². The van der Waals surface area contributed by atoms with E-state index in [4.69, 9.17) is 4.74 Å². The summed E-state index contributed by atoms with van der Waals surface area (Å²) >= 11 is 0. The number of anilines is 1. The molecule has 210 valence electrons. The molecule has 0 amide bonds. The van der Waals surface area contributed by atoms with E-state index in [-0.39, 0.29) is 31.4 Å². The van der Waals surface area contributed by atoms with Gasteiger partial charge in [0.05, 0.1) is 25.2 Å². The van der Waals surface area contributed by atoms with E-state index in [0.29, 0.717) is 61.3 Å². The van der Waals surface area contributed by atoms with Crippen molar-refractivity contribution in [3.63, 3.8) is 0 Å². The van der Waals surface area contributed by atoms with Crippen LogP contribution in [-0.4, -0.2) is 54.2 Å². The number of ether oxygens (including phenoxy) is 1. The number of likely N-dealkylation sites (tertiary alicyclic amines) is 1. The van der Waals surface area contributed by atoms with E-state index in [1.807, 2.05) is 4.90 Å². The van der Waals surface area contributed by atoms with Crippen LogP contribution in [0.3, 0.4) is 0 Å². The van der Waals surface area contributed by atoms with E-state index < -0.39 is 46.5 Å². The van der Waals surface area contributed by atoms with Gasteiger partial charge in [-0.3, -0.25) is 9.78 Å². The quantitative estimate of drug-likeness (QED) is 0.274. The van der Waals surface area contributed by atoms with E-state index in [2.05, 4.69) is 10.3 Å². The minimum atomic E-state index is -1.67. The number of methoxy groups -OCH3 is 1. The number of benzene rings is 2. The summed E-state index contributed by atoms with van der Waals surface area (Å²) in [6.07, 6.45) is 0.287. The summed E-state index contributed by atoms with van der Waals surface area (Å²) in [5, 5.41) is 12.5. The molecule has 39 heavy (non-hydrogen) atoms. The number of pyridine rings is 1. The van der Waals surface area contributed by atoms with Gasteiger partial charge in [0.25, 0.3) is 0 Å². The first-order chi connectivity index (χ1) is 18.6. The maximum absolute atomic E-state index is 15.6. The highest BCUT2D eigenvalue weighted by molar-refractivity contribution is 5.84. The third kappa shape index (κ3) is 6.76. The van der Waals surface area contributed by atoms with Gasteiger partial charge in [0.2, 0.25) is 0 Å². The van der Waals surface area contributed by atoms with Crippen LogP contribution in [0.4, 0.5) is 27.6 Å². The topological polar surface area (TPSA) is 74.7 Å². The van der Waals surface area contributed by atoms with Crippen LogP contribution < -0.4 is 10.1 Å². The number of hydrogen-bond donors (Lipinski definition) is 2. The molecule has 2 N–H and O–H groups in total. The Labute approximate surface area is 222 Å². The van der Waals surface area contributed by atoms with Gasteiger partial charge in [0, 0.05) is 36.2 Å². The third-order valence-corrected chi connectivity index (χ3v) is 7.49. The first kappa shape index (κ1) is 28.5. The summed E-state index contributed by atoms with van der Waals surface area (Å²) < 4.78 is 76.3. The second-order valence-electron chi connectivity index (χ2n) is 9.99. The summed E-state index contributed by atoms with van der Waals surface area (Å²) in [5.74, 6) is -4.37. The molecule has 1 aromatic heterocycles. The zero-order valence-electron chi connectivity index (χ0n) is 21.5. The number of carboxylic acids is 1. The Hall–Kier alpha value is -3.47. The predicted octanol–water partition coefficient (Wildman–Crippen LogP) is 6.26. The molecule has 3 aromatic rings. The Morgan fingerprint density at radius 2 is 1.82 bits per heavy atom. The molecule has 2 aromatic carbocycles. The van der Waals surface area contributed by atoms with Crippen molar-refractivity contribution < 1.29 is 36.6 Å². The van der Waals surface area contributed by atoms with E-state index >= 15 is 4.39 Å². The Morgan fingerprint density at radius 3 is 2.46 bits per heavy atom. The standard InChI is InChI=1S/C28H30F5N3O3/c1-39-18-2-3-24-19(14-18)26(23(33)16-35-24)20(30)4-5-28(15-25(37)38)6-9-36(10-7-28)11-8-34-27-21(31)12-17(29)13-22(27)32/h2-3,12-14,16,20,34H,4-11,15H2,1H3,(H,37,38)/t20-/m1/s1. The van der Waals surface area contributed by atoms with Crippen LogP contribution in [0.15, 0.2) is 36.5 Å². The molecule has 2 heterocycles. The molecule has 11 heteroatoms. The summed E-state index contributed by atoms with van der Waals surface area (Å²) in [6.45, 7) is 1.62. The molecular weight excluding hydrogens is 521 g/mol. The molecule has 4 rings (SSSR count). The second kappa shape index (κ2) is 12.1. The molecule has 0 spiro atoms. The second-order valence-corrected chi connectivity index (χ2v) is 9.99. The lowest BCUT2D eigenvalue weighted by atomic mass is 9.71. The van der Waals surface area contributed by atoms with E-state index in [1.165, 1.54) is 13.2 Å². The Kier molecular flexibility index (Phi) is 8.89. The van der Waals surface area contributed by atoms with E-state index in [1.54, 1.807) is 12.1 Å². The van der Waals surface area contributed by atoms with Gasteiger partial charge < -0.3 is 20.1 Å². The zero-order chi connectivity index (χ0) is 28.2. The van der Waals surface area contributed by atoms with Gasteiger partial charge in [-0.2, -0.15) is 0 Å². The number of carboxylic acid groups (broad SMARTS) is 1. The highest BCUT2D eigenvalue weighted by Gasteiger charge is 2.37. The van der Waals surface area contributed by atoms with Crippen LogP contribution in [-0.2, 0) is 4.79 Å². The van der Waals surface area contributed by atoms with Crippen molar-refractivity contribution in [1.82, 2.24) is 9.88 Å². The van der Waals surface area contributed by atoms with Crippen molar-refractivity contribution in [3.8, 4) is 5.75 Å². The average molecular weight is 552 g/mol. The number of rotatable bonds is 11. The fourth-order valence-electron chi connectivity index (χ4n) is 5.33.